The minimum absolute atomic E-state index is 0.0619. The SMILES string of the molecule is CC(C)c1ccccc1NC(=O)CSc1nnc(C(C)Oc2ccccc2C(C)C)n1C(C)C. The molecule has 34 heavy (non-hydrogen) atoms. The summed E-state index contributed by atoms with van der Waals surface area (Å²) in [6.45, 7) is 14.7. The van der Waals surface area contributed by atoms with E-state index in [4.69, 9.17) is 4.74 Å². The van der Waals surface area contributed by atoms with E-state index in [-0.39, 0.29) is 23.8 Å². The van der Waals surface area contributed by atoms with E-state index >= 15 is 0 Å². The number of nitrogens with one attached hydrogen (secondary N) is 1. The Morgan fingerprint density at radius 3 is 2.18 bits per heavy atom. The number of nitrogens with zero attached hydrogens (tertiary/aromatic N) is 3. The number of hydrogen-bond donors (Lipinski definition) is 1. The third kappa shape index (κ3) is 6.20. The lowest BCUT2D eigenvalue weighted by molar-refractivity contribution is -0.113. The third-order valence-corrected chi connectivity index (χ3v) is 6.55. The van der Waals surface area contributed by atoms with Gasteiger partial charge in [0.25, 0.3) is 0 Å². The van der Waals surface area contributed by atoms with Crippen LogP contribution in [-0.2, 0) is 4.79 Å². The fraction of sp³-hybridized carbons (Fsp3) is 0.444. The molecule has 0 radical (unpaired) electrons. The number of hydrogen-bond acceptors (Lipinski definition) is 5. The van der Waals surface area contributed by atoms with Crippen molar-refractivity contribution in [1.29, 1.82) is 0 Å². The summed E-state index contributed by atoms with van der Waals surface area (Å²) in [4.78, 5) is 12.7. The standard InChI is InChI=1S/C27H36N4O2S/c1-17(2)21-12-8-10-14-23(21)28-25(32)16-34-27-30-29-26(31(27)19(5)6)20(7)33-24-15-11-9-13-22(24)18(3)4/h8-15,17-20H,16H2,1-7H3,(H,28,32). The quantitative estimate of drug-likeness (QED) is 0.317. The summed E-state index contributed by atoms with van der Waals surface area (Å²) >= 11 is 1.39. The summed E-state index contributed by atoms with van der Waals surface area (Å²) < 4.78 is 8.38. The Balaban J connectivity index is 1.73. The Hall–Kier alpha value is -2.80. The molecule has 2 aromatic carbocycles. The van der Waals surface area contributed by atoms with Gasteiger partial charge in [-0.1, -0.05) is 75.9 Å². The Bertz CT molecular complexity index is 1110. The molecule has 1 N–H and O–H groups in total. The largest absolute Gasteiger partial charge is 0.482 e. The molecule has 1 heterocycles. The van der Waals surface area contributed by atoms with Crippen molar-refractivity contribution in [2.75, 3.05) is 11.1 Å². The number of rotatable bonds is 10. The summed E-state index contributed by atoms with van der Waals surface area (Å²) in [5, 5.41) is 12.6. The zero-order valence-corrected chi connectivity index (χ0v) is 22.0. The van der Waals surface area contributed by atoms with Crippen LogP contribution in [0.4, 0.5) is 5.69 Å². The number of carbonyl (C=O) groups is 1. The Morgan fingerprint density at radius 2 is 1.53 bits per heavy atom. The first-order valence-corrected chi connectivity index (χ1v) is 12.9. The van der Waals surface area contributed by atoms with E-state index in [1.807, 2.05) is 49.4 Å². The second-order valence-corrected chi connectivity index (χ2v) is 10.3. The topological polar surface area (TPSA) is 69.0 Å². The molecule has 0 bridgehead atoms. The average Bonchev–Trinajstić information content (AvgIpc) is 3.22. The van der Waals surface area contributed by atoms with Crippen LogP contribution in [0.2, 0.25) is 0 Å². The first kappa shape index (κ1) is 25.8. The summed E-state index contributed by atoms with van der Waals surface area (Å²) in [7, 11) is 0. The minimum Gasteiger partial charge on any atom is -0.482 e. The van der Waals surface area contributed by atoms with E-state index in [2.05, 4.69) is 67.7 Å². The highest BCUT2D eigenvalue weighted by atomic mass is 32.2. The molecular weight excluding hydrogens is 444 g/mol. The zero-order chi connectivity index (χ0) is 24.8. The fourth-order valence-corrected chi connectivity index (χ4v) is 4.76. The maximum atomic E-state index is 12.7. The van der Waals surface area contributed by atoms with Gasteiger partial charge in [-0.2, -0.15) is 0 Å². The molecule has 1 atom stereocenters. The molecule has 0 aliphatic heterocycles. The zero-order valence-electron chi connectivity index (χ0n) is 21.2. The second-order valence-electron chi connectivity index (χ2n) is 9.34. The van der Waals surface area contributed by atoms with Crippen molar-refractivity contribution >= 4 is 23.4 Å². The van der Waals surface area contributed by atoms with Crippen molar-refractivity contribution in [3.63, 3.8) is 0 Å². The molecule has 7 heteroatoms. The lowest BCUT2D eigenvalue weighted by atomic mass is 10.0. The van der Waals surface area contributed by atoms with Gasteiger partial charge in [-0.05, 0) is 55.9 Å². The molecule has 0 spiro atoms. The molecule has 182 valence electrons. The predicted octanol–water partition coefficient (Wildman–Crippen LogP) is 6.98. The highest BCUT2D eigenvalue weighted by molar-refractivity contribution is 7.99. The molecule has 3 aromatic rings. The van der Waals surface area contributed by atoms with Crippen LogP contribution in [0.15, 0.2) is 53.7 Å². The van der Waals surface area contributed by atoms with Crippen LogP contribution in [0.3, 0.4) is 0 Å². The maximum Gasteiger partial charge on any atom is 0.234 e. The lowest BCUT2D eigenvalue weighted by Crippen LogP contribution is -2.17. The van der Waals surface area contributed by atoms with Crippen LogP contribution in [0.1, 0.15) is 89.4 Å². The van der Waals surface area contributed by atoms with Crippen LogP contribution in [-0.4, -0.2) is 26.4 Å². The number of thioether (sulfide) groups is 1. The van der Waals surface area contributed by atoms with Gasteiger partial charge >= 0.3 is 0 Å². The van der Waals surface area contributed by atoms with Gasteiger partial charge in [-0.25, -0.2) is 0 Å². The average molecular weight is 481 g/mol. The first-order chi connectivity index (χ1) is 16.2. The van der Waals surface area contributed by atoms with Gasteiger partial charge in [0.1, 0.15) is 5.75 Å². The van der Waals surface area contributed by atoms with E-state index < -0.39 is 0 Å². The first-order valence-electron chi connectivity index (χ1n) is 11.9. The number of para-hydroxylation sites is 2. The Morgan fingerprint density at radius 1 is 0.912 bits per heavy atom. The highest BCUT2D eigenvalue weighted by Gasteiger charge is 2.23. The molecule has 6 nitrogen and oxygen atoms in total. The van der Waals surface area contributed by atoms with E-state index in [0.29, 0.717) is 17.0 Å². The van der Waals surface area contributed by atoms with Crippen LogP contribution in [0, 0.1) is 0 Å². The van der Waals surface area contributed by atoms with Crippen molar-refractivity contribution in [1.82, 2.24) is 14.8 Å². The molecule has 0 aliphatic rings. The molecule has 0 saturated carbocycles. The number of aromatic nitrogens is 3. The van der Waals surface area contributed by atoms with Crippen LogP contribution in [0.25, 0.3) is 0 Å². The van der Waals surface area contributed by atoms with Gasteiger partial charge in [0.2, 0.25) is 5.91 Å². The van der Waals surface area contributed by atoms with Crippen LogP contribution < -0.4 is 10.1 Å². The van der Waals surface area contributed by atoms with Gasteiger partial charge in [-0.3, -0.25) is 4.79 Å². The van der Waals surface area contributed by atoms with Gasteiger partial charge in [0.05, 0.1) is 5.75 Å². The summed E-state index contributed by atoms with van der Waals surface area (Å²) in [6.07, 6.45) is -0.282. The number of carbonyl (C=O) groups excluding carboxylic acids is 1. The summed E-state index contributed by atoms with van der Waals surface area (Å²) in [5.41, 5.74) is 3.15. The van der Waals surface area contributed by atoms with Gasteiger partial charge in [-0.15, -0.1) is 10.2 Å². The minimum atomic E-state index is -0.282. The normalized spacial score (nSPS) is 12.4. The summed E-state index contributed by atoms with van der Waals surface area (Å²) in [6, 6.07) is 16.2. The van der Waals surface area contributed by atoms with Crippen molar-refractivity contribution in [3.05, 3.63) is 65.5 Å². The number of ether oxygens (including phenoxy) is 1. The molecule has 1 amide bonds. The van der Waals surface area contributed by atoms with Gasteiger partial charge in [0, 0.05) is 11.7 Å². The van der Waals surface area contributed by atoms with Crippen LogP contribution in [0.5, 0.6) is 5.75 Å². The monoisotopic (exact) mass is 480 g/mol. The fourth-order valence-electron chi connectivity index (χ4n) is 3.89. The van der Waals surface area contributed by atoms with Crippen molar-refractivity contribution in [2.24, 2.45) is 0 Å². The molecule has 0 saturated heterocycles. The Labute approximate surface area is 207 Å². The molecule has 3 rings (SSSR count). The van der Waals surface area contributed by atoms with Crippen molar-refractivity contribution in [2.45, 2.75) is 77.6 Å². The number of benzene rings is 2. The second kappa shape index (κ2) is 11.6. The molecule has 1 aromatic heterocycles. The number of anilines is 1. The van der Waals surface area contributed by atoms with Crippen LogP contribution >= 0.6 is 11.8 Å². The highest BCUT2D eigenvalue weighted by Crippen LogP contribution is 2.32. The maximum absolute atomic E-state index is 12.7. The van der Waals surface area contributed by atoms with Gasteiger partial charge < -0.3 is 14.6 Å². The lowest BCUT2D eigenvalue weighted by Gasteiger charge is -2.21. The molecular formula is C27H36N4O2S. The van der Waals surface area contributed by atoms with E-state index in [1.54, 1.807) is 0 Å². The Kier molecular flexibility index (Phi) is 8.78. The smallest absolute Gasteiger partial charge is 0.234 e. The van der Waals surface area contributed by atoms with Crippen molar-refractivity contribution < 1.29 is 9.53 Å². The molecule has 1 unspecified atom stereocenters. The van der Waals surface area contributed by atoms with Gasteiger partial charge in [0.15, 0.2) is 17.1 Å². The van der Waals surface area contributed by atoms with E-state index in [1.165, 1.54) is 11.8 Å². The predicted molar refractivity (Wildman–Crippen MR) is 140 cm³/mol. The third-order valence-electron chi connectivity index (χ3n) is 5.60. The molecule has 0 aliphatic carbocycles. The summed E-state index contributed by atoms with van der Waals surface area (Å²) in [5.74, 6) is 2.49. The number of amides is 1. The molecule has 0 fully saturated rings. The van der Waals surface area contributed by atoms with Crippen molar-refractivity contribution in [3.8, 4) is 5.75 Å². The van der Waals surface area contributed by atoms with E-state index in [0.717, 1.165) is 28.4 Å². The van der Waals surface area contributed by atoms with E-state index in [9.17, 15) is 4.79 Å².